The van der Waals surface area contributed by atoms with Crippen molar-refractivity contribution in [1.29, 1.82) is 0 Å². The highest BCUT2D eigenvalue weighted by Gasteiger charge is 2.49. The molecule has 4 heterocycles. The van der Waals surface area contributed by atoms with E-state index in [1.807, 2.05) is 29.2 Å². The molecule has 2 atom stereocenters. The first-order valence-corrected chi connectivity index (χ1v) is 9.94. The van der Waals surface area contributed by atoms with Gasteiger partial charge in [-0.15, -0.1) is 0 Å². The van der Waals surface area contributed by atoms with Crippen LogP contribution in [0.2, 0.25) is 0 Å². The molecule has 2 aromatic heterocycles. The summed E-state index contributed by atoms with van der Waals surface area (Å²) in [7, 11) is 0. The van der Waals surface area contributed by atoms with Gasteiger partial charge >= 0.3 is 12.1 Å². The number of halogens is 3. The van der Waals surface area contributed by atoms with Gasteiger partial charge in [0.05, 0.1) is 37.0 Å². The highest BCUT2D eigenvalue weighted by Crippen LogP contribution is 2.41. The molecule has 0 radical (unpaired) electrons. The predicted molar refractivity (Wildman–Crippen MR) is 104 cm³/mol. The molecular weight excluding hydrogens is 433 g/mol. The SMILES string of the molecule is O=C(Cc1ccco1)N1CC[C@H]2OCC[C@@]2(COc2cccnc2)C1.O=C(O)C(F)(F)F. The van der Waals surface area contributed by atoms with Crippen LogP contribution < -0.4 is 4.74 Å². The Morgan fingerprint density at radius 2 is 2.09 bits per heavy atom. The Bertz CT molecular complexity index is 891. The first-order chi connectivity index (χ1) is 15.2. The van der Waals surface area contributed by atoms with Crippen molar-refractivity contribution in [2.75, 3.05) is 26.3 Å². The monoisotopic (exact) mass is 456 g/mol. The summed E-state index contributed by atoms with van der Waals surface area (Å²) in [6, 6.07) is 7.40. The summed E-state index contributed by atoms with van der Waals surface area (Å²) in [5, 5.41) is 7.12. The van der Waals surface area contributed by atoms with E-state index < -0.39 is 12.1 Å². The number of amides is 1. The molecule has 1 N–H and O–H groups in total. The maximum atomic E-state index is 12.6. The topological polar surface area (TPSA) is 102 Å². The van der Waals surface area contributed by atoms with Gasteiger partial charge in [0.1, 0.15) is 11.5 Å². The van der Waals surface area contributed by atoms with Crippen molar-refractivity contribution in [3.63, 3.8) is 0 Å². The second-order valence-electron chi connectivity index (χ2n) is 7.61. The summed E-state index contributed by atoms with van der Waals surface area (Å²) >= 11 is 0. The summed E-state index contributed by atoms with van der Waals surface area (Å²) in [4.78, 5) is 27.6. The Morgan fingerprint density at radius 3 is 2.72 bits per heavy atom. The molecule has 0 spiro atoms. The molecule has 0 aliphatic carbocycles. The summed E-state index contributed by atoms with van der Waals surface area (Å²) < 4.78 is 49.0. The van der Waals surface area contributed by atoms with Crippen LogP contribution in [0.5, 0.6) is 5.75 Å². The van der Waals surface area contributed by atoms with Gasteiger partial charge in [-0.25, -0.2) is 4.79 Å². The maximum Gasteiger partial charge on any atom is 0.490 e. The summed E-state index contributed by atoms with van der Waals surface area (Å²) in [6.45, 7) is 2.64. The van der Waals surface area contributed by atoms with Crippen molar-refractivity contribution in [2.24, 2.45) is 5.41 Å². The highest BCUT2D eigenvalue weighted by molar-refractivity contribution is 5.78. The Hall–Kier alpha value is -3.08. The fourth-order valence-corrected chi connectivity index (χ4v) is 3.80. The van der Waals surface area contributed by atoms with E-state index in [9.17, 15) is 18.0 Å². The molecule has 0 unspecified atom stereocenters. The lowest BCUT2D eigenvalue weighted by Crippen LogP contribution is -2.54. The number of carbonyl (C=O) groups is 2. The standard InChI is InChI=1S/C19H22N2O4.C2HF3O2/c22-18(11-15-4-2-9-23-15)21-8-5-17-19(13-21,6-10-24-17)14-25-16-3-1-7-20-12-16;3-2(4,5)1(6)7/h1-4,7,9,12,17H,5-6,8,10-11,13-14H2;(H,6,7)/t17-,19+;/m1./s1. The maximum absolute atomic E-state index is 12.6. The minimum absolute atomic E-state index is 0.0982. The van der Waals surface area contributed by atoms with Crippen molar-refractivity contribution in [3.05, 3.63) is 48.7 Å². The number of furan rings is 1. The molecule has 1 amide bonds. The van der Waals surface area contributed by atoms with E-state index in [2.05, 4.69) is 4.98 Å². The number of carboxylic acid groups (broad SMARTS) is 1. The number of aliphatic carboxylic acids is 1. The first kappa shape index (κ1) is 23.6. The number of hydrogen-bond donors (Lipinski definition) is 1. The summed E-state index contributed by atoms with van der Waals surface area (Å²) in [6.07, 6.45) is 2.16. The molecule has 32 heavy (non-hydrogen) atoms. The lowest BCUT2D eigenvalue weighted by molar-refractivity contribution is -0.192. The van der Waals surface area contributed by atoms with Gasteiger partial charge < -0.3 is 23.9 Å². The van der Waals surface area contributed by atoms with E-state index >= 15 is 0 Å². The van der Waals surface area contributed by atoms with E-state index in [4.69, 9.17) is 23.8 Å². The van der Waals surface area contributed by atoms with Gasteiger partial charge in [-0.3, -0.25) is 9.78 Å². The summed E-state index contributed by atoms with van der Waals surface area (Å²) in [5.74, 6) is -1.20. The number of piperidine rings is 1. The predicted octanol–water partition coefficient (Wildman–Crippen LogP) is 2.94. The van der Waals surface area contributed by atoms with E-state index in [1.165, 1.54) is 0 Å². The molecule has 11 heteroatoms. The second kappa shape index (κ2) is 10.0. The van der Waals surface area contributed by atoms with Gasteiger partial charge in [0.25, 0.3) is 0 Å². The van der Waals surface area contributed by atoms with E-state index in [-0.39, 0.29) is 17.4 Å². The smallest absolute Gasteiger partial charge is 0.490 e. The van der Waals surface area contributed by atoms with Crippen LogP contribution in [0.25, 0.3) is 0 Å². The van der Waals surface area contributed by atoms with E-state index in [0.717, 1.165) is 31.7 Å². The largest absolute Gasteiger partial charge is 0.491 e. The molecule has 2 saturated heterocycles. The highest BCUT2D eigenvalue weighted by atomic mass is 19.4. The van der Waals surface area contributed by atoms with Crippen LogP contribution in [0.3, 0.4) is 0 Å². The molecular formula is C21H23F3N2O6. The van der Waals surface area contributed by atoms with Crippen LogP contribution in [-0.4, -0.2) is 65.5 Å². The lowest BCUT2D eigenvalue weighted by atomic mass is 9.77. The first-order valence-electron chi connectivity index (χ1n) is 9.94. The van der Waals surface area contributed by atoms with Crippen LogP contribution in [-0.2, 0) is 20.7 Å². The Kier molecular flexibility index (Phi) is 7.39. The number of carboxylic acids is 1. The Balaban J connectivity index is 0.000000360. The number of hydrogen-bond acceptors (Lipinski definition) is 6. The molecule has 0 saturated carbocycles. The Morgan fingerprint density at radius 1 is 1.31 bits per heavy atom. The van der Waals surface area contributed by atoms with Crippen molar-refractivity contribution >= 4 is 11.9 Å². The number of carbonyl (C=O) groups excluding carboxylic acids is 1. The van der Waals surface area contributed by atoms with Crippen LogP contribution in [0.4, 0.5) is 13.2 Å². The van der Waals surface area contributed by atoms with Crippen molar-refractivity contribution in [3.8, 4) is 5.75 Å². The van der Waals surface area contributed by atoms with Crippen LogP contribution >= 0.6 is 0 Å². The van der Waals surface area contributed by atoms with E-state index in [1.54, 1.807) is 18.7 Å². The zero-order valence-corrected chi connectivity index (χ0v) is 17.1. The average Bonchev–Trinajstić information content (AvgIpc) is 3.42. The lowest BCUT2D eigenvalue weighted by Gasteiger charge is -2.43. The molecule has 0 bridgehead atoms. The molecule has 8 nitrogen and oxygen atoms in total. The number of likely N-dealkylation sites (tertiary alicyclic amines) is 1. The number of nitrogens with zero attached hydrogens (tertiary/aromatic N) is 2. The van der Waals surface area contributed by atoms with Crippen molar-refractivity contribution < 1.29 is 41.8 Å². The van der Waals surface area contributed by atoms with Crippen molar-refractivity contribution in [2.45, 2.75) is 31.5 Å². The number of rotatable bonds is 5. The van der Waals surface area contributed by atoms with Gasteiger partial charge in [-0.05, 0) is 37.1 Å². The van der Waals surface area contributed by atoms with Gasteiger partial charge in [0.15, 0.2) is 0 Å². The van der Waals surface area contributed by atoms with Crippen LogP contribution in [0.15, 0.2) is 47.3 Å². The molecule has 2 fully saturated rings. The molecule has 2 aromatic rings. The fourth-order valence-electron chi connectivity index (χ4n) is 3.80. The van der Waals surface area contributed by atoms with Gasteiger partial charge in [0.2, 0.25) is 5.91 Å². The fraction of sp³-hybridized carbons (Fsp3) is 0.476. The third-order valence-electron chi connectivity index (χ3n) is 5.43. The normalized spacial score (nSPS) is 22.5. The number of pyridine rings is 1. The zero-order chi connectivity index (χ0) is 23.2. The quantitative estimate of drug-likeness (QED) is 0.738. The van der Waals surface area contributed by atoms with E-state index in [0.29, 0.717) is 25.3 Å². The van der Waals surface area contributed by atoms with Crippen LogP contribution in [0, 0.1) is 5.41 Å². The van der Waals surface area contributed by atoms with Gasteiger partial charge in [-0.1, -0.05) is 0 Å². The third-order valence-corrected chi connectivity index (χ3v) is 5.43. The number of alkyl halides is 3. The number of ether oxygens (including phenoxy) is 2. The van der Waals surface area contributed by atoms with Crippen molar-refractivity contribution in [1.82, 2.24) is 9.88 Å². The average molecular weight is 456 g/mol. The molecule has 2 aliphatic heterocycles. The zero-order valence-electron chi connectivity index (χ0n) is 17.1. The number of fused-ring (bicyclic) bond motifs is 1. The molecule has 174 valence electrons. The molecule has 4 rings (SSSR count). The second-order valence-corrected chi connectivity index (χ2v) is 7.61. The third kappa shape index (κ3) is 6.00. The molecule has 0 aromatic carbocycles. The van der Waals surface area contributed by atoms with Gasteiger partial charge in [-0.2, -0.15) is 13.2 Å². The Labute approximate surface area is 181 Å². The van der Waals surface area contributed by atoms with Gasteiger partial charge in [0, 0.05) is 25.9 Å². The van der Waals surface area contributed by atoms with Crippen LogP contribution in [0.1, 0.15) is 18.6 Å². The number of aromatic nitrogens is 1. The molecule has 2 aliphatic rings. The summed E-state index contributed by atoms with van der Waals surface area (Å²) in [5.41, 5.74) is -0.146. The minimum Gasteiger partial charge on any atom is -0.491 e. The minimum atomic E-state index is -5.08.